The summed E-state index contributed by atoms with van der Waals surface area (Å²) in [6.07, 6.45) is 1.18. The van der Waals surface area contributed by atoms with Gasteiger partial charge in [-0.05, 0) is 56.7 Å². The second-order valence-electron chi connectivity index (χ2n) is 9.92. The Morgan fingerprint density at radius 2 is 1.88 bits per heavy atom. The van der Waals surface area contributed by atoms with Gasteiger partial charge in [0, 0.05) is 31.1 Å². The molecule has 1 fully saturated rings. The molecule has 7 heteroatoms. The highest BCUT2D eigenvalue weighted by molar-refractivity contribution is 5.86. The van der Waals surface area contributed by atoms with Crippen molar-refractivity contribution in [3.63, 3.8) is 0 Å². The number of carbonyl (C=O) groups excluding carboxylic acids is 2. The summed E-state index contributed by atoms with van der Waals surface area (Å²) in [7, 11) is 0. The molecule has 0 aromatic heterocycles. The summed E-state index contributed by atoms with van der Waals surface area (Å²) < 4.78 is 33.6. The Kier molecular flexibility index (Phi) is 6.52. The van der Waals surface area contributed by atoms with E-state index in [9.17, 15) is 18.4 Å². The van der Waals surface area contributed by atoms with Crippen molar-refractivity contribution in [2.24, 2.45) is 5.92 Å². The van der Waals surface area contributed by atoms with Crippen molar-refractivity contribution in [2.45, 2.75) is 57.7 Å². The zero-order chi connectivity index (χ0) is 23.8. The number of ether oxygens (including phenoxy) is 1. The third-order valence-electron chi connectivity index (χ3n) is 6.30. The fourth-order valence-electron chi connectivity index (χ4n) is 4.76. The number of fused-ring (bicyclic) bond motifs is 1. The van der Waals surface area contributed by atoms with Gasteiger partial charge in [0.25, 0.3) is 0 Å². The number of nitrogens with one attached hydrogen (secondary N) is 1. The van der Waals surface area contributed by atoms with Crippen molar-refractivity contribution in [3.05, 3.63) is 70.8 Å². The monoisotopic (exact) mass is 456 g/mol. The lowest BCUT2D eigenvalue weighted by atomic mass is 9.88. The average molecular weight is 457 g/mol. The van der Waals surface area contributed by atoms with Crippen molar-refractivity contribution in [1.82, 2.24) is 10.2 Å². The molecule has 0 bridgehead atoms. The molecule has 1 N–H and O–H groups in total. The predicted octanol–water partition coefficient (Wildman–Crippen LogP) is 5.11. The lowest BCUT2D eigenvalue weighted by molar-refractivity contribution is -0.127. The van der Waals surface area contributed by atoms with Gasteiger partial charge < -0.3 is 10.1 Å². The molecule has 176 valence electrons. The molecule has 0 radical (unpaired) electrons. The number of Topliss-reactive ketones (excluding diaryl/α,β-unsaturated/α-hetero) is 1. The minimum Gasteiger partial charge on any atom is -0.444 e. The smallest absolute Gasteiger partial charge is 0.408 e. The van der Waals surface area contributed by atoms with Crippen LogP contribution in [-0.2, 0) is 16.0 Å². The largest absolute Gasteiger partial charge is 0.444 e. The number of likely N-dealkylation sites (tertiary alicyclic amines) is 1. The molecule has 1 unspecified atom stereocenters. The maximum absolute atomic E-state index is 14.6. The third-order valence-corrected chi connectivity index (χ3v) is 6.30. The topological polar surface area (TPSA) is 58.6 Å². The predicted molar refractivity (Wildman–Crippen MR) is 121 cm³/mol. The second-order valence-corrected chi connectivity index (χ2v) is 9.92. The number of hydrogen-bond donors (Lipinski definition) is 1. The van der Waals surface area contributed by atoms with Crippen LogP contribution in [0.25, 0.3) is 0 Å². The SMILES string of the molecule is CC(C)(C)OC(=O)N[C@H]1c2ccccc2C[C@@H]1CC(=O)C(c1ccc(F)cc1F)N1CCC1. The molecule has 2 aromatic carbocycles. The minimum absolute atomic E-state index is 0.131. The molecule has 0 saturated carbocycles. The number of benzene rings is 2. The molecular formula is C26H30F2N2O3. The number of halogens is 2. The van der Waals surface area contributed by atoms with Crippen molar-refractivity contribution in [1.29, 1.82) is 0 Å². The molecule has 0 spiro atoms. The van der Waals surface area contributed by atoms with Crippen molar-refractivity contribution in [2.75, 3.05) is 13.1 Å². The van der Waals surface area contributed by atoms with Crippen LogP contribution in [0.4, 0.5) is 13.6 Å². The Morgan fingerprint density at radius 3 is 2.52 bits per heavy atom. The average Bonchev–Trinajstić information content (AvgIpc) is 3.00. The van der Waals surface area contributed by atoms with E-state index in [0.29, 0.717) is 19.5 Å². The van der Waals surface area contributed by atoms with Gasteiger partial charge in [-0.1, -0.05) is 30.3 Å². The number of rotatable bonds is 6. The van der Waals surface area contributed by atoms with Gasteiger partial charge in [0.2, 0.25) is 0 Å². The molecule has 3 atom stereocenters. The van der Waals surface area contributed by atoms with Gasteiger partial charge in [-0.2, -0.15) is 0 Å². The third kappa shape index (κ3) is 5.24. The van der Waals surface area contributed by atoms with Crippen LogP contribution in [-0.4, -0.2) is 35.5 Å². The van der Waals surface area contributed by atoms with E-state index in [2.05, 4.69) is 5.32 Å². The Bertz CT molecular complexity index is 1050. The molecule has 33 heavy (non-hydrogen) atoms. The highest BCUT2D eigenvalue weighted by Gasteiger charge is 2.39. The van der Waals surface area contributed by atoms with Gasteiger partial charge in [0.15, 0.2) is 5.78 Å². The fraction of sp³-hybridized carbons (Fsp3) is 0.462. The highest BCUT2D eigenvalue weighted by Crippen LogP contribution is 2.40. The zero-order valence-electron chi connectivity index (χ0n) is 19.2. The zero-order valence-corrected chi connectivity index (χ0v) is 19.2. The van der Waals surface area contributed by atoms with Crippen LogP contribution in [0.3, 0.4) is 0 Å². The Hall–Kier alpha value is -2.80. The van der Waals surface area contributed by atoms with Crippen LogP contribution in [0.15, 0.2) is 42.5 Å². The molecular weight excluding hydrogens is 426 g/mol. The molecule has 4 rings (SSSR count). The summed E-state index contributed by atoms with van der Waals surface area (Å²) in [6.45, 7) is 6.77. The van der Waals surface area contributed by atoms with E-state index in [1.54, 1.807) is 20.8 Å². The van der Waals surface area contributed by atoms with Gasteiger partial charge in [0.1, 0.15) is 17.2 Å². The Balaban J connectivity index is 1.57. The summed E-state index contributed by atoms with van der Waals surface area (Å²) in [5, 5.41) is 2.95. The Morgan fingerprint density at radius 1 is 1.15 bits per heavy atom. The van der Waals surface area contributed by atoms with Gasteiger partial charge in [0.05, 0.1) is 12.1 Å². The van der Waals surface area contributed by atoms with E-state index < -0.39 is 29.4 Å². The molecule has 1 amide bonds. The minimum atomic E-state index is -0.759. The first-order valence-electron chi connectivity index (χ1n) is 11.4. The summed E-state index contributed by atoms with van der Waals surface area (Å²) in [6, 6.07) is 10.0. The molecule has 1 aliphatic heterocycles. The van der Waals surface area contributed by atoms with E-state index in [1.165, 1.54) is 12.1 Å². The number of amides is 1. The van der Waals surface area contributed by atoms with E-state index in [-0.39, 0.29) is 29.7 Å². The van der Waals surface area contributed by atoms with Crippen LogP contribution >= 0.6 is 0 Å². The van der Waals surface area contributed by atoms with Crippen LogP contribution in [0.5, 0.6) is 0 Å². The lowest BCUT2D eigenvalue weighted by Gasteiger charge is -2.38. The molecule has 2 aromatic rings. The Labute approximate surface area is 193 Å². The summed E-state index contributed by atoms with van der Waals surface area (Å²) in [4.78, 5) is 28.0. The first kappa shape index (κ1) is 23.4. The van der Waals surface area contributed by atoms with Crippen LogP contribution in [0, 0.1) is 17.6 Å². The van der Waals surface area contributed by atoms with Gasteiger partial charge in [-0.3, -0.25) is 9.69 Å². The maximum atomic E-state index is 14.6. The quantitative estimate of drug-likeness (QED) is 0.656. The number of hydrogen-bond acceptors (Lipinski definition) is 4. The van der Waals surface area contributed by atoms with Crippen LogP contribution in [0.1, 0.15) is 62.4 Å². The molecule has 1 heterocycles. The van der Waals surface area contributed by atoms with Gasteiger partial charge in [-0.15, -0.1) is 0 Å². The molecule has 1 aliphatic carbocycles. The highest BCUT2D eigenvalue weighted by atomic mass is 19.1. The van der Waals surface area contributed by atoms with E-state index in [4.69, 9.17) is 4.74 Å². The molecule has 1 saturated heterocycles. The summed E-state index contributed by atoms with van der Waals surface area (Å²) in [5.41, 5.74) is 1.60. The standard InChI is InChI=1S/C26H30F2N2O3/c1-26(2,3)33-25(32)29-23-17(13-16-7-4-5-8-19(16)23)14-22(31)24(30-11-6-12-30)20-10-9-18(27)15-21(20)28/h4-5,7-10,15,17,23-24H,6,11-14H2,1-3H3,(H,29,32)/t17-,23-,24?/m1/s1. The molecule has 5 nitrogen and oxygen atoms in total. The number of nitrogens with zero attached hydrogens (tertiary/aromatic N) is 1. The van der Waals surface area contributed by atoms with E-state index >= 15 is 0 Å². The summed E-state index contributed by atoms with van der Waals surface area (Å²) in [5.74, 6) is -1.69. The number of ketones is 1. The summed E-state index contributed by atoms with van der Waals surface area (Å²) >= 11 is 0. The first-order chi connectivity index (χ1) is 15.6. The van der Waals surface area contributed by atoms with Crippen LogP contribution < -0.4 is 5.32 Å². The van der Waals surface area contributed by atoms with E-state index in [1.807, 2.05) is 29.2 Å². The van der Waals surface area contributed by atoms with Crippen LogP contribution in [0.2, 0.25) is 0 Å². The normalized spacial score (nSPS) is 21.1. The maximum Gasteiger partial charge on any atom is 0.408 e. The fourth-order valence-corrected chi connectivity index (χ4v) is 4.76. The first-order valence-corrected chi connectivity index (χ1v) is 11.4. The van der Waals surface area contributed by atoms with Gasteiger partial charge in [-0.25, -0.2) is 13.6 Å². The van der Waals surface area contributed by atoms with Gasteiger partial charge >= 0.3 is 6.09 Å². The number of alkyl carbamates (subject to hydrolysis) is 1. The molecule has 2 aliphatic rings. The van der Waals surface area contributed by atoms with Crippen molar-refractivity contribution >= 4 is 11.9 Å². The number of carbonyl (C=O) groups is 2. The van der Waals surface area contributed by atoms with Crippen molar-refractivity contribution in [3.8, 4) is 0 Å². The van der Waals surface area contributed by atoms with E-state index in [0.717, 1.165) is 23.6 Å². The second kappa shape index (κ2) is 9.21. The lowest BCUT2D eigenvalue weighted by Crippen LogP contribution is -2.44. The van der Waals surface area contributed by atoms with Crippen molar-refractivity contribution < 1.29 is 23.1 Å².